The number of benzene rings is 1. The van der Waals surface area contributed by atoms with Crippen LogP contribution in [-0.4, -0.2) is 16.7 Å². The van der Waals surface area contributed by atoms with E-state index in [9.17, 15) is 14.9 Å². The summed E-state index contributed by atoms with van der Waals surface area (Å²) < 4.78 is 6.08. The number of carbonyl (C=O) groups excluding carboxylic acids is 1. The molecule has 2 heterocycles. The van der Waals surface area contributed by atoms with Crippen molar-refractivity contribution in [2.45, 2.75) is 37.5 Å². The zero-order valence-corrected chi connectivity index (χ0v) is 11.3. The molecule has 1 saturated heterocycles. The molecule has 7 heteroatoms. The number of hydrogen-bond donors (Lipinski definition) is 2. The van der Waals surface area contributed by atoms with E-state index in [1.54, 1.807) is 6.07 Å². The molecule has 1 aliphatic carbocycles. The van der Waals surface area contributed by atoms with Crippen molar-refractivity contribution < 1.29 is 14.5 Å². The zero-order valence-electron chi connectivity index (χ0n) is 11.3. The van der Waals surface area contributed by atoms with E-state index in [0.717, 1.165) is 24.8 Å². The van der Waals surface area contributed by atoms with Crippen LogP contribution in [0.5, 0.6) is 5.75 Å². The molecule has 1 aromatic carbocycles. The van der Waals surface area contributed by atoms with Gasteiger partial charge in [-0.05, 0) is 18.9 Å². The Bertz CT molecular complexity index is 643. The molecule has 2 aliphatic heterocycles. The minimum atomic E-state index is -0.715. The molecule has 2 atom stereocenters. The Kier molecular flexibility index (Phi) is 2.42. The van der Waals surface area contributed by atoms with Crippen molar-refractivity contribution in [2.75, 3.05) is 0 Å². The van der Waals surface area contributed by atoms with Gasteiger partial charge in [0.15, 0.2) is 5.72 Å². The van der Waals surface area contributed by atoms with Gasteiger partial charge in [-0.1, -0.05) is 6.42 Å². The number of ether oxygens (including phenoxy) is 1. The predicted molar refractivity (Wildman–Crippen MR) is 72.8 cm³/mol. The summed E-state index contributed by atoms with van der Waals surface area (Å²) in [5, 5.41) is 16.7. The number of rotatable bonds is 2. The molecule has 2 N–H and O–H groups in total. The topological polar surface area (TPSA) is 93.5 Å². The van der Waals surface area contributed by atoms with Crippen LogP contribution in [0.25, 0.3) is 0 Å². The van der Waals surface area contributed by atoms with Crippen LogP contribution in [0.2, 0.25) is 0 Å². The lowest BCUT2D eigenvalue weighted by Gasteiger charge is -2.52. The van der Waals surface area contributed by atoms with Crippen LogP contribution in [-0.2, 0) is 0 Å². The van der Waals surface area contributed by atoms with E-state index < -0.39 is 10.6 Å². The summed E-state index contributed by atoms with van der Waals surface area (Å²) in [5.41, 5.74) is 0.0993. The molecular weight excluding hydrogens is 274 g/mol. The Morgan fingerprint density at radius 1 is 1.38 bits per heavy atom. The number of urea groups is 1. The predicted octanol–water partition coefficient (Wildman–Crippen LogP) is 2.23. The largest absolute Gasteiger partial charge is 0.467 e. The SMILES string of the molecule is O=C1NC2CC(C3CCC3)(N1)Oc1cc([N+](=O)[O-])ccc12. The van der Waals surface area contributed by atoms with Crippen molar-refractivity contribution in [1.82, 2.24) is 10.6 Å². The summed E-state index contributed by atoms with van der Waals surface area (Å²) in [4.78, 5) is 22.4. The van der Waals surface area contributed by atoms with Crippen molar-refractivity contribution >= 4 is 11.7 Å². The van der Waals surface area contributed by atoms with Crippen molar-refractivity contribution in [2.24, 2.45) is 5.92 Å². The third-order valence-electron chi connectivity index (χ3n) is 4.78. The molecule has 110 valence electrons. The molecular formula is C14H15N3O4. The van der Waals surface area contributed by atoms with Gasteiger partial charge in [0.2, 0.25) is 0 Å². The maximum absolute atomic E-state index is 11.9. The van der Waals surface area contributed by atoms with Gasteiger partial charge in [0.05, 0.1) is 17.0 Å². The second kappa shape index (κ2) is 4.09. The second-order valence-electron chi connectivity index (χ2n) is 5.95. The first kappa shape index (κ1) is 12.4. The molecule has 3 aliphatic rings. The smallest absolute Gasteiger partial charge is 0.318 e. The molecule has 21 heavy (non-hydrogen) atoms. The van der Waals surface area contributed by atoms with Gasteiger partial charge < -0.3 is 10.1 Å². The van der Waals surface area contributed by atoms with Gasteiger partial charge in [0.1, 0.15) is 5.75 Å². The van der Waals surface area contributed by atoms with Crippen LogP contribution in [0.3, 0.4) is 0 Å². The van der Waals surface area contributed by atoms with Crippen LogP contribution in [0.4, 0.5) is 10.5 Å². The highest BCUT2D eigenvalue weighted by Crippen LogP contribution is 2.49. The highest BCUT2D eigenvalue weighted by molar-refractivity contribution is 5.77. The molecule has 1 saturated carbocycles. The van der Waals surface area contributed by atoms with Gasteiger partial charge in [-0.2, -0.15) is 0 Å². The zero-order chi connectivity index (χ0) is 14.6. The van der Waals surface area contributed by atoms with Crippen LogP contribution in [0, 0.1) is 16.0 Å². The number of nitro benzene ring substituents is 1. The summed E-state index contributed by atoms with van der Waals surface area (Å²) in [7, 11) is 0. The highest BCUT2D eigenvalue weighted by atomic mass is 16.6. The van der Waals surface area contributed by atoms with Gasteiger partial charge >= 0.3 is 6.03 Å². The summed E-state index contributed by atoms with van der Waals surface area (Å²) >= 11 is 0. The lowest BCUT2D eigenvalue weighted by molar-refractivity contribution is -0.385. The molecule has 2 bridgehead atoms. The van der Waals surface area contributed by atoms with E-state index in [1.165, 1.54) is 12.1 Å². The number of nitrogens with one attached hydrogen (secondary N) is 2. The lowest BCUT2D eigenvalue weighted by atomic mass is 9.72. The van der Waals surface area contributed by atoms with Gasteiger partial charge in [-0.15, -0.1) is 0 Å². The average Bonchev–Trinajstić information content (AvgIpc) is 2.34. The lowest BCUT2D eigenvalue weighted by Crippen LogP contribution is -2.68. The van der Waals surface area contributed by atoms with E-state index >= 15 is 0 Å². The third kappa shape index (κ3) is 1.76. The maximum atomic E-state index is 11.9. The Morgan fingerprint density at radius 3 is 2.86 bits per heavy atom. The fourth-order valence-corrected chi connectivity index (χ4v) is 3.48. The molecule has 4 rings (SSSR count). The Balaban J connectivity index is 1.78. The number of carbonyl (C=O) groups is 1. The van der Waals surface area contributed by atoms with E-state index in [4.69, 9.17) is 4.74 Å². The highest BCUT2D eigenvalue weighted by Gasteiger charge is 2.53. The van der Waals surface area contributed by atoms with Crippen molar-refractivity contribution in [3.8, 4) is 5.75 Å². The van der Waals surface area contributed by atoms with Crippen LogP contribution in [0.1, 0.15) is 37.3 Å². The van der Waals surface area contributed by atoms with E-state index in [0.29, 0.717) is 12.2 Å². The number of hydrogen-bond acceptors (Lipinski definition) is 4. The number of nitro groups is 1. The summed E-state index contributed by atoms with van der Waals surface area (Å²) in [6.45, 7) is 0. The fourth-order valence-electron chi connectivity index (χ4n) is 3.48. The number of non-ortho nitro benzene ring substituents is 1. The second-order valence-corrected chi connectivity index (χ2v) is 5.95. The minimum Gasteiger partial charge on any atom is -0.467 e. The summed E-state index contributed by atoms with van der Waals surface area (Å²) in [5.74, 6) is 0.776. The number of nitrogens with zero attached hydrogens (tertiary/aromatic N) is 1. The van der Waals surface area contributed by atoms with Gasteiger partial charge in [0, 0.05) is 24.0 Å². The van der Waals surface area contributed by atoms with Crippen LogP contribution in [0.15, 0.2) is 18.2 Å². The van der Waals surface area contributed by atoms with Gasteiger partial charge in [0.25, 0.3) is 5.69 Å². The molecule has 7 nitrogen and oxygen atoms in total. The quantitative estimate of drug-likeness (QED) is 0.645. The van der Waals surface area contributed by atoms with Crippen molar-refractivity contribution in [3.05, 3.63) is 33.9 Å². The Morgan fingerprint density at radius 2 is 2.19 bits per heavy atom. The van der Waals surface area contributed by atoms with Crippen LogP contribution < -0.4 is 15.4 Å². The number of fused-ring (bicyclic) bond motifs is 4. The first-order valence-corrected chi connectivity index (χ1v) is 7.13. The summed E-state index contributed by atoms with van der Waals surface area (Å²) in [6, 6.07) is 4.20. The van der Waals surface area contributed by atoms with E-state index in [-0.39, 0.29) is 23.7 Å². The van der Waals surface area contributed by atoms with Crippen LogP contribution >= 0.6 is 0 Å². The standard InChI is InChI=1S/C14H15N3O4/c18-13-15-11-7-14(16-13,8-2-1-3-8)21-12-6-9(17(19)20)4-5-10(11)12/h4-6,8,11H,1-3,7H2,(H2,15,16,18). The monoisotopic (exact) mass is 289 g/mol. The fraction of sp³-hybridized carbons (Fsp3) is 0.500. The first-order chi connectivity index (χ1) is 10.1. The van der Waals surface area contributed by atoms with E-state index in [1.807, 2.05) is 0 Å². The van der Waals surface area contributed by atoms with Gasteiger partial charge in [-0.25, -0.2) is 4.79 Å². The Hall–Kier alpha value is -2.31. The Labute approximate surface area is 120 Å². The molecule has 0 radical (unpaired) electrons. The normalized spacial score (nSPS) is 30.3. The van der Waals surface area contributed by atoms with E-state index in [2.05, 4.69) is 10.6 Å². The number of amides is 2. The van der Waals surface area contributed by atoms with Crippen molar-refractivity contribution in [1.29, 1.82) is 0 Å². The first-order valence-electron chi connectivity index (χ1n) is 7.13. The molecule has 2 unspecified atom stereocenters. The molecule has 0 aromatic heterocycles. The summed E-state index contributed by atoms with van der Waals surface area (Å²) in [6.07, 6.45) is 3.81. The van der Waals surface area contributed by atoms with Gasteiger partial charge in [-0.3, -0.25) is 15.4 Å². The maximum Gasteiger partial charge on any atom is 0.318 e. The molecule has 0 spiro atoms. The average molecular weight is 289 g/mol. The molecule has 1 aromatic rings. The molecule has 2 fully saturated rings. The minimum absolute atomic E-state index is 0.00353. The third-order valence-corrected chi connectivity index (χ3v) is 4.78. The molecule has 2 amide bonds. The van der Waals surface area contributed by atoms with Crippen molar-refractivity contribution in [3.63, 3.8) is 0 Å².